The highest BCUT2D eigenvalue weighted by atomic mass is 19.4. The summed E-state index contributed by atoms with van der Waals surface area (Å²) in [6.45, 7) is 0. The van der Waals surface area contributed by atoms with Crippen molar-refractivity contribution in [1.82, 2.24) is 0 Å². The number of para-hydroxylation sites is 2. The molecule has 0 atom stereocenters. The molecule has 0 aliphatic carbocycles. The van der Waals surface area contributed by atoms with Crippen LogP contribution in [0, 0.1) is 0 Å². The number of ether oxygens (including phenoxy) is 1. The Kier molecular flexibility index (Phi) is 5.44. The number of amides is 2. The lowest BCUT2D eigenvalue weighted by molar-refractivity contribution is -0.137. The van der Waals surface area contributed by atoms with Gasteiger partial charge in [0, 0.05) is 11.3 Å². The number of nitrogens with one attached hydrogen (secondary N) is 1. The molecular weight excluding hydrogens is 421 g/mol. The second kappa shape index (κ2) is 8.22. The summed E-state index contributed by atoms with van der Waals surface area (Å²) in [4.78, 5) is 27.7. The topological polar surface area (TPSA) is 58.6 Å². The normalized spacial score (nSPS) is 14.2. The molecule has 2 amide bonds. The Morgan fingerprint density at radius 3 is 2.22 bits per heavy atom. The third kappa shape index (κ3) is 3.82. The lowest BCUT2D eigenvalue weighted by Gasteiger charge is -2.15. The first kappa shape index (κ1) is 21.2. The van der Waals surface area contributed by atoms with Crippen LogP contribution < -0.4 is 15.0 Å². The number of imide groups is 1. The van der Waals surface area contributed by atoms with Gasteiger partial charge in [0.25, 0.3) is 11.8 Å². The van der Waals surface area contributed by atoms with E-state index >= 15 is 0 Å². The van der Waals surface area contributed by atoms with Crippen molar-refractivity contribution in [3.8, 4) is 5.75 Å². The van der Waals surface area contributed by atoms with E-state index in [2.05, 4.69) is 5.32 Å². The van der Waals surface area contributed by atoms with Crippen LogP contribution >= 0.6 is 0 Å². The van der Waals surface area contributed by atoms with Crippen LogP contribution in [-0.4, -0.2) is 18.9 Å². The molecule has 0 saturated carbocycles. The molecule has 0 unspecified atom stereocenters. The average Bonchev–Trinajstić information content (AvgIpc) is 3.03. The molecule has 1 aliphatic rings. The molecule has 0 fully saturated rings. The van der Waals surface area contributed by atoms with Gasteiger partial charge in [0.2, 0.25) is 0 Å². The van der Waals surface area contributed by atoms with Crippen LogP contribution in [0.15, 0.2) is 84.6 Å². The third-order valence-electron chi connectivity index (χ3n) is 4.93. The molecule has 0 aromatic heterocycles. The fourth-order valence-electron chi connectivity index (χ4n) is 3.48. The van der Waals surface area contributed by atoms with Gasteiger partial charge in [-0.3, -0.25) is 9.59 Å². The Morgan fingerprint density at radius 2 is 1.53 bits per heavy atom. The standard InChI is InChI=1S/C24H17F3N2O3/c1-32-19-13-6-5-12-18(19)20-21(28-16-9-7-8-15(14-16)24(25,26)27)23(31)29(22(20)30)17-10-3-2-4-11-17/h2-14,28H,1H3. The quantitative estimate of drug-likeness (QED) is 0.563. The van der Waals surface area contributed by atoms with E-state index in [1.54, 1.807) is 54.6 Å². The highest BCUT2D eigenvalue weighted by Gasteiger charge is 2.41. The molecule has 0 saturated heterocycles. The number of benzene rings is 3. The molecule has 8 heteroatoms. The summed E-state index contributed by atoms with van der Waals surface area (Å²) in [7, 11) is 1.43. The summed E-state index contributed by atoms with van der Waals surface area (Å²) in [5.41, 5.74) is -0.287. The molecule has 162 valence electrons. The summed E-state index contributed by atoms with van der Waals surface area (Å²) in [5.74, 6) is -0.943. The van der Waals surface area contributed by atoms with E-state index in [0.29, 0.717) is 17.0 Å². The first-order valence-corrected chi connectivity index (χ1v) is 9.57. The number of methoxy groups -OCH3 is 1. The second-order valence-electron chi connectivity index (χ2n) is 6.94. The summed E-state index contributed by atoms with van der Waals surface area (Å²) in [5, 5.41) is 2.75. The number of halogens is 3. The number of alkyl halides is 3. The van der Waals surface area contributed by atoms with Gasteiger partial charge in [0.05, 0.1) is 23.9 Å². The predicted molar refractivity (Wildman–Crippen MR) is 114 cm³/mol. The van der Waals surface area contributed by atoms with Crippen LogP contribution in [0.1, 0.15) is 11.1 Å². The Labute approximate surface area is 181 Å². The minimum absolute atomic E-state index is 0.00807. The fraction of sp³-hybridized carbons (Fsp3) is 0.0833. The average molecular weight is 438 g/mol. The van der Waals surface area contributed by atoms with Crippen molar-refractivity contribution in [3.63, 3.8) is 0 Å². The van der Waals surface area contributed by atoms with Crippen molar-refractivity contribution in [1.29, 1.82) is 0 Å². The molecule has 32 heavy (non-hydrogen) atoms. The minimum atomic E-state index is -4.55. The largest absolute Gasteiger partial charge is 0.496 e. The molecule has 4 rings (SSSR count). The van der Waals surface area contributed by atoms with E-state index in [0.717, 1.165) is 17.0 Å². The number of rotatable bonds is 5. The molecular formula is C24H17F3N2O3. The van der Waals surface area contributed by atoms with E-state index in [4.69, 9.17) is 4.74 Å². The van der Waals surface area contributed by atoms with Crippen molar-refractivity contribution in [2.24, 2.45) is 0 Å². The van der Waals surface area contributed by atoms with Crippen molar-refractivity contribution < 1.29 is 27.5 Å². The Hall–Kier alpha value is -4.07. The second-order valence-corrected chi connectivity index (χ2v) is 6.94. The first-order valence-electron chi connectivity index (χ1n) is 9.57. The Bertz CT molecular complexity index is 1220. The molecule has 1 heterocycles. The number of carbonyl (C=O) groups excluding carboxylic acids is 2. The van der Waals surface area contributed by atoms with E-state index in [9.17, 15) is 22.8 Å². The molecule has 1 N–H and O–H groups in total. The molecule has 1 aliphatic heterocycles. The smallest absolute Gasteiger partial charge is 0.416 e. The van der Waals surface area contributed by atoms with Gasteiger partial charge in [0.15, 0.2) is 0 Å². The molecule has 0 spiro atoms. The number of nitrogens with zero attached hydrogens (tertiary/aromatic N) is 1. The maximum atomic E-state index is 13.4. The van der Waals surface area contributed by atoms with E-state index in [-0.39, 0.29) is 17.0 Å². The van der Waals surface area contributed by atoms with E-state index in [1.807, 2.05) is 0 Å². The van der Waals surface area contributed by atoms with Crippen LogP contribution in [0.3, 0.4) is 0 Å². The van der Waals surface area contributed by atoms with Crippen LogP contribution in [0.5, 0.6) is 5.75 Å². The van der Waals surface area contributed by atoms with Crippen molar-refractivity contribution in [3.05, 3.63) is 95.7 Å². The zero-order valence-electron chi connectivity index (χ0n) is 16.8. The maximum Gasteiger partial charge on any atom is 0.416 e. The van der Waals surface area contributed by atoms with Crippen LogP contribution in [0.4, 0.5) is 24.5 Å². The van der Waals surface area contributed by atoms with Gasteiger partial charge >= 0.3 is 6.18 Å². The predicted octanol–water partition coefficient (Wildman–Crippen LogP) is 5.11. The summed E-state index contributed by atoms with van der Waals surface area (Å²) >= 11 is 0. The number of hydrogen-bond acceptors (Lipinski definition) is 4. The highest BCUT2D eigenvalue weighted by molar-refractivity contribution is 6.46. The molecule has 3 aromatic rings. The van der Waals surface area contributed by atoms with E-state index in [1.165, 1.54) is 19.2 Å². The summed E-state index contributed by atoms with van der Waals surface area (Å²) < 4.78 is 44.8. The summed E-state index contributed by atoms with van der Waals surface area (Å²) in [6, 6.07) is 19.4. The van der Waals surface area contributed by atoms with Gasteiger partial charge in [-0.05, 0) is 36.4 Å². The Balaban J connectivity index is 1.85. The minimum Gasteiger partial charge on any atom is -0.496 e. The zero-order valence-corrected chi connectivity index (χ0v) is 16.8. The van der Waals surface area contributed by atoms with Gasteiger partial charge < -0.3 is 10.1 Å². The number of hydrogen-bond donors (Lipinski definition) is 1. The van der Waals surface area contributed by atoms with Gasteiger partial charge in [-0.2, -0.15) is 13.2 Å². The van der Waals surface area contributed by atoms with Crippen LogP contribution in [0.25, 0.3) is 5.57 Å². The fourth-order valence-corrected chi connectivity index (χ4v) is 3.48. The molecule has 0 radical (unpaired) electrons. The Morgan fingerprint density at radius 1 is 0.844 bits per heavy atom. The summed E-state index contributed by atoms with van der Waals surface area (Å²) in [6.07, 6.45) is -4.55. The third-order valence-corrected chi connectivity index (χ3v) is 4.93. The van der Waals surface area contributed by atoms with E-state index < -0.39 is 23.6 Å². The molecule has 0 bridgehead atoms. The lowest BCUT2D eigenvalue weighted by Crippen LogP contribution is -2.32. The van der Waals surface area contributed by atoms with Gasteiger partial charge in [-0.15, -0.1) is 0 Å². The van der Waals surface area contributed by atoms with Crippen molar-refractivity contribution in [2.45, 2.75) is 6.18 Å². The van der Waals surface area contributed by atoms with Gasteiger partial charge in [-0.25, -0.2) is 4.90 Å². The van der Waals surface area contributed by atoms with Crippen molar-refractivity contribution in [2.75, 3.05) is 17.3 Å². The maximum absolute atomic E-state index is 13.4. The van der Waals surface area contributed by atoms with Crippen LogP contribution in [0.2, 0.25) is 0 Å². The lowest BCUT2D eigenvalue weighted by atomic mass is 10.0. The highest BCUT2D eigenvalue weighted by Crippen LogP contribution is 2.38. The first-order chi connectivity index (χ1) is 15.3. The van der Waals surface area contributed by atoms with Crippen LogP contribution in [-0.2, 0) is 15.8 Å². The molecule has 3 aromatic carbocycles. The molecule has 5 nitrogen and oxygen atoms in total. The number of anilines is 2. The van der Waals surface area contributed by atoms with Crippen molar-refractivity contribution >= 4 is 28.8 Å². The SMILES string of the molecule is COc1ccccc1C1=C(Nc2cccc(C(F)(F)F)c2)C(=O)N(c2ccccc2)C1=O. The zero-order chi connectivity index (χ0) is 22.9. The monoisotopic (exact) mass is 438 g/mol. The number of carbonyl (C=O) groups is 2. The van der Waals surface area contributed by atoms with Gasteiger partial charge in [-0.1, -0.05) is 42.5 Å². The van der Waals surface area contributed by atoms with Gasteiger partial charge in [0.1, 0.15) is 11.4 Å².